The Morgan fingerprint density at radius 2 is 1.95 bits per heavy atom. The van der Waals surface area contributed by atoms with Crippen LogP contribution in [0.15, 0.2) is 42.5 Å². The Morgan fingerprint density at radius 3 is 2.60 bits per heavy atom. The minimum atomic E-state index is -0.237. The number of halogens is 3. The largest absolute Gasteiger partial charge is 0.486 e. The van der Waals surface area contributed by atoms with Crippen LogP contribution in [-0.4, -0.2) is 6.54 Å². The monoisotopic (exact) mass is 497 g/mol. The van der Waals surface area contributed by atoms with E-state index in [1.807, 2.05) is 24.3 Å². The van der Waals surface area contributed by atoms with Gasteiger partial charge in [-0.25, -0.2) is 4.39 Å². The molecule has 2 aromatic rings. The lowest BCUT2D eigenvalue weighted by Crippen LogP contribution is -2.14. The van der Waals surface area contributed by atoms with E-state index in [0.717, 1.165) is 18.5 Å². The summed E-state index contributed by atoms with van der Waals surface area (Å²) in [6.45, 7) is 0.516. The molecule has 106 valence electrons. The highest BCUT2D eigenvalue weighted by Crippen LogP contribution is 2.29. The standard InChI is InChI=1S/C15H14FI2NO/c16-10-4-5-13(14(18)8-10)15(6-7-19)20-12-3-1-2-11(17)9-12/h1-5,8-9,15H,6-7,19H2. The molecule has 0 amide bonds. The highest BCUT2D eigenvalue weighted by Gasteiger charge is 2.16. The topological polar surface area (TPSA) is 35.2 Å². The van der Waals surface area contributed by atoms with Crippen molar-refractivity contribution in [3.05, 3.63) is 61.0 Å². The van der Waals surface area contributed by atoms with Crippen molar-refractivity contribution in [2.75, 3.05) is 6.54 Å². The molecule has 0 bridgehead atoms. The van der Waals surface area contributed by atoms with E-state index < -0.39 is 0 Å². The normalized spacial score (nSPS) is 12.2. The molecule has 0 aliphatic carbocycles. The van der Waals surface area contributed by atoms with Crippen LogP contribution in [0.3, 0.4) is 0 Å². The zero-order chi connectivity index (χ0) is 14.5. The Kier molecular flexibility index (Phi) is 6.03. The molecule has 5 heteroatoms. The zero-order valence-corrected chi connectivity index (χ0v) is 15.0. The van der Waals surface area contributed by atoms with E-state index in [9.17, 15) is 4.39 Å². The molecule has 1 unspecified atom stereocenters. The van der Waals surface area contributed by atoms with Crippen LogP contribution in [-0.2, 0) is 0 Å². The van der Waals surface area contributed by atoms with Crippen LogP contribution < -0.4 is 10.5 Å². The third kappa shape index (κ3) is 4.29. The highest BCUT2D eigenvalue weighted by molar-refractivity contribution is 14.1. The Labute approximate surface area is 145 Å². The van der Waals surface area contributed by atoms with Gasteiger partial charge in [-0.1, -0.05) is 12.1 Å². The van der Waals surface area contributed by atoms with Crippen molar-refractivity contribution in [3.63, 3.8) is 0 Å². The second-order valence-corrected chi connectivity index (χ2v) is 6.71. The molecule has 0 radical (unpaired) electrons. The van der Waals surface area contributed by atoms with Crippen molar-refractivity contribution in [2.24, 2.45) is 5.73 Å². The van der Waals surface area contributed by atoms with E-state index in [1.165, 1.54) is 12.1 Å². The van der Waals surface area contributed by atoms with E-state index in [0.29, 0.717) is 13.0 Å². The average Bonchev–Trinajstić information content (AvgIpc) is 2.38. The first-order chi connectivity index (χ1) is 9.60. The molecule has 2 aromatic carbocycles. The number of hydrogen-bond acceptors (Lipinski definition) is 2. The fraction of sp³-hybridized carbons (Fsp3) is 0.200. The third-order valence-electron chi connectivity index (χ3n) is 2.81. The van der Waals surface area contributed by atoms with Gasteiger partial charge in [0.15, 0.2) is 0 Å². The van der Waals surface area contributed by atoms with Gasteiger partial charge < -0.3 is 10.5 Å². The summed E-state index contributed by atoms with van der Waals surface area (Å²) in [6.07, 6.45) is 0.526. The van der Waals surface area contributed by atoms with Gasteiger partial charge in [0.25, 0.3) is 0 Å². The first-order valence-corrected chi connectivity index (χ1v) is 8.33. The summed E-state index contributed by atoms with van der Waals surface area (Å²) in [5, 5.41) is 0. The van der Waals surface area contributed by atoms with Crippen molar-refractivity contribution in [2.45, 2.75) is 12.5 Å². The van der Waals surface area contributed by atoms with Gasteiger partial charge in [0.2, 0.25) is 0 Å². The predicted octanol–water partition coefficient (Wildman–Crippen LogP) is 4.50. The van der Waals surface area contributed by atoms with Crippen LogP contribution in [0.2, 0.25) is 0 Å². The maximum atomic E-state index is 13.2. The fourth-order valence-corrected chi connectivity index (χ4v) is 3.24. The zero-order valence-electron chi connectivity index (χ0n) is 10.7. The highest BCUT2D eigenvalue weighted by atomic mass is 127. The van der Waals surface area contributed by atoms with Crippen molar-refractivity contribution in [3.8, 4) is 5.75 Å². The molecule has 0 aromatic heterocycles. The predicted molar refractivity (Wildman–Crippen MR) is 95.3 cm³/mol. The molecule has 2 rings (SSSR count). The summed E-state index contributed by atoms with van der Waals surface area (Å²) in [6, 6.07) is 12.6. The summed E-state index contributed by atoms with van der Waals surface area (Å²) in [7, 11) is 0. The van der Waals surface area contributed by atoms with Gasteiger partial charge in [-0.15, -0.1) is 0 Å². The van der Waals surface area contributed by atoms with Gasteiger partial charge in [-0.3, -0.25) is 0 Å². The third-order valence-corrected chi connectivity index (χ3v) is 4.42. The fourth-order valence-electron chi connectivity index (χ4n) is 1.90. The van der Waals surface area contributed by atoms with Gasteiger partial charge in [0.05, 0.1) is 0 Å². The van der Waals surface area contributed by atoms with Gasteiger partial charge in [-0.2, -0.15) is 0 Å². The second-order valence-electron chi connectivity index (χ2n) is 4.31. The van der Waals surface area contributed by atoms with Crippen LogP contribution in [0.5, 0.6) is 5.75 Å². The van der Waals surface area contributed by atoms with Gasteiger partial charge >= 0.3 is 0 Å². The summed E-state index contributed by atoms with van der Waals surface area (Å²) >= 11 is 4.37. The van der Waals surface area contributed by atoms with Crippen molar-refractivity contribution < 1.29 is 9.13 Å². The average molecular weight is 497 g/mol. The molecule has 0 aliphatic rings. The Bertz CT molecular complexity index is 592. The molecule has 2 nitrogen and oxygen atoms in total. The minimum Gasteiger partial charge on any atom is -0.486 e. The first-order valence-electron chi connectivity index (χ1n) is 6.17. The van der Waals surface area contributed by atoms with E-state index >= 15 is 0 Å². The van der Waals surface area contributed by atoms with E-state index in [1.54, 1.807) is 6.07 Å². The summed E-state index contributed by atoms with van der Waals surface area (Å²) < 4.78 is 21.2. The van der Waals surface area contributed by atoms with Gasteiger partial charge in [0.1, 0.15) is 17.7 Å². The Hall–Kier alpha value is -0.410. The lowest BCUT2D eigenvalue weighted by Gasteiger charge is -2.20. The summed E-state index contributed by atoms with van der Waals surface area (Å²) in [4.78, 5) is 0. The molecule has 0 saturated carbocycles. The maximum absolute atomic E-state index is 13.2. The summed E-state index contributed by atoms with van der Waals surface area (Å²) in [5.74, 6) is 0.564. The number of nitrogens with two attached hydrogens (primary N) is 1. The molecule has 0 heterocycles. The Morgan fingerprint density at radius 1 is 1.15 bits per heavy atom. The molecule has 20 heavy (non-hydrogen) atoms. The molecule has 0 aliphatic heterocycles. The second kappa shape index (κ2) is 7.56. The maximum Gasteiger partial charge on any atom is 0.126 e. The van der Waals surface area contributed by atoms with Crippen molar-refractivity contribution in [1.29, 1.82) is 0 Å². The quantitative estimate of drug-likeness (QED) is 0.618. The first kappa shape index (κ1) is 16.0. The molecular formula is C15H14FI2NO. The van der Waals surface area contributed by atoms with Crippen LogP contribution in [0, 0.1) is 13.0 Å². The van der Waals surface area contributed by atoms with Crippen LogP contribution in [0.4, 0.5) is 4.39 Å². The van der Waals surface area contributed by atoms with Gasteiger partial charge in [-0.05, 0) is 82.1 Å². The number of ether oxygens (including phenoxy) is 1. The minimum absolute atomic E-state index is 0.161. The van der Waals surface area contributed by atoms with Crippen molar-refractivity contribution >= 4 is 45.2 Å². The van der Waals surface area contributed by atoms with E-state index in [4.69, 9.17) is 10.5 Å². The molecule has 1 atom stereocenters. The van der Waals surface area contributed by atoms with Crippen LogP contribution in [0.1, 0.15) is 18.1 Å². The molecule has 0 fully saturated rings. The van der Waals surface area contributed by atoms with Crippen LogP contribution in [0.25, 0.3) is 0 Å². The van der Waals surface area contributed by atoms with E-state index in [-0.39, 0.29) is 11.9 Å². The Balaban J connectivity index is 2.26. The molecular weight excluding hydrogens is 483 g/mol. The lowest BCUT2D eigenvalue weighted by atomic mass is 10.1. The smallest absolute Gasteiger partial charge is 0.126 e. The summed E-state index contributed by atoms with van der Waals surface area (Å²) in [5.41, 5.74) is 6.64. The lowest BCUT2D eigenvalue weighted by molar-refractivity contribution is 0.196. The molecule has 0 spiro atoms. The van der Waals surface area contributed by atoms with Crippen LogP contribution >= 0.6 is 45.2 Å². The van der Waals surface area contributed by atoms with E-state index in [2.05, 4.69) is 45.2 Å². The number of benzene rings is 2. The van der Waals surface area contributed by atoms with Crippen molar-refractivity contribution in [1.82, 2.24) is 0 Å². The SMILES string of the molecule is NCCC(Oc1cccc(I)c1)c1ccc(F)cc1I. The number of hydrogen-bond donors (Lipinski definition) is 1. The number of rotatable bonds is 5. The molecule has 0 saturated heterocycles. The molecule has 2 N–H and O–H groups in total. The van der Waals surface area contributed by atoms with Gasteiger partial charge in [0, 0.05) is 19.1 Å².